The zero-order valence-electron chi connectivity index (χ0n) is 15.7. The van der Waals surface area contributed by atoms with E-state index in [0.29, 0.717) is 25.2 Å². The summed E-state index contributed by atoms with van der Waals surface area (Å²) < 4.78 is 29.3. The monoisotopic (exact) mass is 392 g/mol. The molecule has 2 heterocycles. The molecular formula is C19H24N2O5S. The number of aryl methyl sites for hydroxylation is 1. The van der Waals surface area contributed by atoms with E-state index in [4.69, 9.17) is 0 Å². The second-order valence-corrected chi connectivity index (χ2v) is 9.35. The summed E-state index contributed by atoms with van der Waals surface area (Å²) in [6.07, 6.45) is 2.28. The van der Waals surface area contributed by atoms with Crippen LogP contribution in [0.25, 0.3) is 10.9 Å². The molecule has 0 aliphatic carbocycles. The molecule has 0 amide bonds. The van der Waals surface area contributed by atoms with Crippen LogP contribution in [0, 0.1) is 11.8 Å². The van der Waals surface area contributed by atoms with E-state index < -0.39 is 21.4 Å². The minimum absolute atomic E-state index is 0.0265. The van der Waals surface area contributed by atoms with Crippen LogP contribution in [0.15, 0.2) is 34.1 Å². The highest BCUT2D eigenvalue weighted by molar-refractivity contribution is 7.89. The fourth-order valence-electron chi connectivity index (χ4n) is 3.90. The summed E-state index contributed by atoms with van der Waals surface area (Å²) in [6.45, 7) is 7.23. The largest absolute Gasteiger partial charge is 0.477 e. The molecule has 1 aliphatic rings. The average molecular weight is 392 g/mol. The fraction of sp³-hybridized carbons (Fsp3) is 0.474. The van der Waals surface area contributed by atoms with Crippen molar-refractivity contribution in [2.24, 2.45) is 11.8 Å². The number of nitrogens with zero attached hydrogens (tertiary/aromatic N) is 2. The van der Waals surface area contributed by atoms with Gasteiger partial charge in [-0.2, -0.15) is 4.31 Å². The van der Waals surface area contributed by atoms with Crippen molar-refractivity contribution in [2.45, 2.75) is 38.6 Å². The van der Waals surface area contributed by atoms with Crippen LogP contribution < -0.4 is 5.43 Å². The normalized spacial score (nSPS) is 21.4. The lowest BCUT2D eigenvalue weighted by atomic mass is 9.94. The van der Waals surface area contributed by atoms with E-state index in [-0.39, 0.29) is 27.7 Å². The van der Waals surface area contributed by atoms with Crippen molar-refractivity contribution < 1.29 is 18.3 Å². The van der Waals surface area contributed by atoms with Crippen LogP contribution in [0.2, 0.25) is 0 Å². The van der Waals surface area contributed by atoms with Gasteiger partial charge in [-0.15, -0.1) is 0 Å². The third-order valence-corrected chi connectivity index (χ3v) is 6.92. The maximum absolute atomic E-state index is 13.1. The standard InChI is InChI=1S/C19H24N2O5S/c1-4-20-11-16(19(23)24)18(22)15-8-14(5-6-17(15)20)27(25,26)21-9-12(2)7-13(3)10-21/h5-6,8,11-13H,4,7,9-10H2,1-3H3,(H,23,24). The number of aromatic carboxylic acids is 1. The lowest BCUT2D eigenvalue weighted by molar-refractivity contribution is 0.0695. The summed E-state index contributed by atoms with van der Waals surface area (Å²) >= 11 is 0. The van der Waals surface area contributed by atoms with E-state index in [1.807, 2.05) is 20.8 Å². The predicted molar refractivity (Wildman–Crippen MR) is 103 cm³/mol. The lowest BCUT2D eigenvalue weighted by Gasteiger charge is -2.34. The number of hydrogen-bond donors (Lipinski definition) is 1. The topological polar surface area (TPSA) is 96.7 Å². The molecule has 0 bridgehead atoms. The number of sulfonamides is 1. The Balaban J connectivity index is 2.17. The predicted octanol–water partition coefficient (Wildman–Crippen LogP) is 2.39. The molecule has 2 atom stereocenters. The molecule has 3 rings (SSSR count). The van der Waals surface area contributed by atoms with E-state index in [1.54, 1.807) is 10.6 Å². The lowest BCUT2D eigenvalue weighted by Crippen LogP contribution is -2.42. The van der Waals surface area contributed by atoms with E-state index in [1.165, 1.54) is 22.6 Å². The number of fused-ring (bicyclic) bond motifs is 1. The van der Waals surface area contributed by atoms with Crippen LogP contribution in [-0.2, 0) is 16.6 Å². The molecule has 7 nitrogen and oxygen atoms in total. The molecule has 0 spiro atoms. The van der Waals surface area contributed by atoms with Crippen LogP contribution in [-0.4, -0.2) is 41.5 Å². The van der Waals surface area contributed by atoms with Crippen molar-refractivity contribution in [1.29, 1.82) is 0 Å². The molecule has 1 fully saturated rings. The van der Waals surface area contributed by atoms with Crippen molar-refractivity contribution in [3.05, 3.63) is 40.2 Å². The van der Waals surface area contributed by atoms with Crippen LogP contribution in [0.1, 0.15) is 37.6 Å². The number of benzene rings is 1. The maximum Gasteiger partial charge on any atom is 0.341 e. The van der Waals surface area contributed by atoms with Crippen molar-refractivity contribution in [1.82, 2.24) is 8.87 Å². The number of hydrogen-bond acceptors (Lipinski definition) is 4. The van der Waals surface area contributed by atoms with Crippen LogP contribution in [0.5, 0.6) is 0 Å². The molecule has 27 heavy (non-hydrogen) atoms. The molecule has 0 saturated carbocycles. The fourth-order valence-corrected chi connectivity index (χ4v) is 5.61. The Kier molecular flexibility index (Phi) is 5.14. The van der Waals surface area contributed by atoms with Gasteiger partial charge in [-0.25, -0.2) is 13.2 Å². The average Bonchev–Trinajstić information content (AvgIpc) is 2.60. The Labute approximate surface area is 158 Å². The van der Waals surface area contributed by atoms with Gasteiger partial charge in [-0.3, -0.25) is 4.79 Å². The second-order valence-electron chi connectivity index (χ2n) is 7.41. The number of carboxylic acid groups (broad SMARTS) is 1. The summed E-state index contributed by atoms with van der Waals surface area (Å²) in [6, 6.07) is 4.39. The number of aromatic nitrogens is 1. The van der Waals surface area contributed by atoms with E-state index in [9.17, 15) is 23.1 Å². The molecule has 0 radical (unpaired) electrons. The van der Waals surface area contributed by atoms with Gasteiger partial charge in [0.1, 0.15) is 5.56 Å². The smallest absolute Gasteiger partial charge is 0.341 e. The molecule has 8 heteroatoms. The van der Waals surface area contributed by atoms with Crippen molar-refractivity contribution in [3.8, 4) is 0 Å². The van der Waals surface area contributed by atoms with E-state index >= 15 is 0 Å². The molecule has 1 N–H and O–H groups in total. The number of pyridine rings is 1. The van der Waals surface area contributed by atoms with Gasteiger partial charge >= 0.3 is 5.97 Å². The quantitative estimate of drug-likeness (QED) is 0.862. The summed E-state index contributed by atoms with van der Waals surface area (Å²) in [5, 5.41) is 9.40. The highest BCUT2D eigenvalue weighted by atomic mass is 32.2. The number of carboxylic acids is 1. The first-order valence-corrected chi connectivity index (χ1v) is 10.5. The molecule has 1 saturated heterocycles. The Morgan fingerprint density at radius 2 is 1.85 bits per heavy atom. The molecular weight excluding hydrogens is 368 g/mol. The highest BCUT2D eigenvalue weighted by Gasteiger charge is 2.32. The number of carbonyl (C=O) groups is 1. The van der Waals surface area contributed by atoms with Crippen LogP contribution in [0.3, 0.4) is 0 Å². The van der Waals surface area contributed by atoms with E-state index in [2.05, 4.69) is 0 Å². The van der Waals surface area contributed by atoms with Gasteiger partial charge in [-0.05, 0) is 43.4 Å². The molecule has 2 unspecified atom stereocenters. The van der Waals surface area contributed by atoms with Crippen LogP contribution in [0.4, 0.5) is 0 Å². The third kappa shape index (κ3) is 3.51. The van der Waals surface area contributed by atoms with Gasteiger partial charge in [-0.1, -0.05) is 13.8 Å². The molecule has 1 aliphatic heterocycles. The Bertz CT molecular complexity index is 1050. The molecule has 1 aromatic heterocycles. The zero-order chi connectivity index (χ0) is 19.9. The number of piperidine rings is 1. The van der Waals surface area contributed by atoms with Gasteiger partial charge in [0, 0.05) is 31.2 Å². The first-order valence-electron chi connectivity index (χ1n) is 9.05. The maximum atomic E-state index is 13.1. The van der Waals surface area contributed by atoms with E-state index in [0.717, 1.165) is 6.42 Å². The van der Waals surface area contributed by atoms with Gasteiger partial charge in [0.2, 0.25) is 15.5 Å². The van der Waals surface area contributed by atoms with Crippen molar-refractivity contribution >= 4 is 26.9 Å². The zero-order valence-corrected chi connectivity index (χ0v) is 16.5. The van der Waals surface area contributed by atoms with Gasteiger partial charge in [0.25, 0.3) is 0 Å². The summed E-state index contributed by atoms with van der Waals surface area (Å²) in [5.41, 5.74) is -0.509. The summed E-state index contributed by atoms with van der Waals surface area (Å²) in [4.78, 5) is 24.0. The molecule has 146 valence electrons. The van der Waals surface area contributed by atoms with Crippen molar-refractivity contribution in [3.63, 3.8) is 0 Å². The Hall–Kier alpha value is -2.19. The first kappa shape index (κ1) is 19.6. The highest BCUT2D eigenvalue weighted by Crippen LogP contribution is 2.28. The Morgan fingerprint density at radius 3 is 2.41 bits per heavy atom. The molecule has 1 aromatic carbocycles. The summed E-state index contributed by atoms with van der Waals surface area (Å²) in [5.74, 6) is -0.795. The van der Waals surface area contributed by atoms with Crippen LogP contribution >= 0.6 is 0 Å². The minimum Gasteiger partial charge on any atom is -0.477 e. The second kappa shape index (κ2) is 7.09. The van der Waals surface area contributed by atoms with Gasteiger partial charge < -0.3 is 9.67 Å². The molecule has 2 aromatic rings. The third-order valence-electron chi connectivity index (χ3n) is 5.10. The first-order chi connectivity index (χ1) is 12.6. The van der Waals surface area contributed by atoms with Crippen molar-refractivity contribution in [2.75, 3.05) is 13.1 Å². The summed E-state index contributed by atoms with van der Waals surface area (Å²) in [7, 11) is -3.75. The SMILES string of the molecule is CCn1cc(C(=O)O)c(=O)c2cc(S(=O)(=O)N3CC(C)CC(C)C3)ccc21. The number of rotatable bonds is 4. The van der Waals surface area contributed by atoms with Gasteiger partial charge in [0.05, 0.1) is 10.4 Å². The Morgan fingerprint density at radius 1 is 1.22 bits per heavy atom. The minimum atomic E-state index is -3.75. The van der Waals surface area contributed by atoms with Gasteiger partial charge in [0.15, 0.2) is 0 Å².